The summed E-state index contributed by atoms with van der Waals surface area (Å²) in [5.41, 5.74) is 4.25. The lowest BCUT2D eigenvalue weighted by Gasteiger charge is -2.42. The Labute approximate surface area is 137 Å². The molecule has 1 aliphatic rings. The predicted molar refractivity (Wildman–Crippen MR) is 94.3 cm³/mol. The molecule has 2 heterocycles. The van der Waals surface area contributed by atoms with Crippen molar-refractivity contribution in [2.75, 3.05) is 20.1 Å². The van der Waals surface area contributed by atoms with Crippen molar-refractivity contribution in [1.82, 2.24) is 15.2 Å². The number of rotatable bonds is 4. The molecule has 0 saturated carbocycles. The van der Waals surface area contributed by atoms with E-state index in [1.807, 2.05) is 6.20 Å². The van der Waals surface area contributed by atoms with Gasteiger partial charge in [0.1, 0.15) is 5.01 Å². The molecular formula is C18H25N3S. The third-order valence-corrected chi connectivity index (χ3v) is 5.74. The van der Waals surface area contributed by atoms with Gasteiger partial charge in [0.05, 0.1) is 0 Å². The van der Waals surface area contributed by atoms with Crippen LogP contribution < -0.4 is 5.32 Å². The van der Waals surface area contributed by atoms with E-state index in [2.05, 4.69) is 59.7 Å². The highest BCUT2D eigenvalue weighted by molar-refractivity contribution is 7.13. The first kappa shape index (κ1) is 15.7. The number of hydrogen-bond donors (Lipinski definition) is 1. The fourth-order valence-electron chi connectivity index (χ4n) is 3.18. The van der Waals surface area contributed by atoms with Gasteiger partial charge in [-0.05, 0) is 58.5 Å². The summed E-state index contributed by atoms with van der Waals surface area (Å²) in [4.78, 5) is 7.04. The molecule has 1 N–H and O–H groups in total. The Balaban J connectivity index is 1.86. The molecule has 2 aromatic rings. The molecule has 1 fully saturated rings. The average molecular weight is 315 g/mol. The van der Waals surface area contributed by atoms with E-state index < -0.39 is 0 Å². The predicted octanol–water partition coefficient (Wildman–Crippen LogP) is 3.69. The molecule has 22 heavy (non-hydrogen) atoms. The maximum Gasteiger partial charge on any atom is 0.123 e. The highest BCUT2D eigenvalue weighted by Crippen LogP contribution is 2.31. The molecule has 0 aliphatic carbocycles. The highest BCUT2D eigenvalue weighted by atomic mass is 32.1. The topological polar surface area (TPSA) is 28.2 Å². The first-order chi connectivity index (χ1) is 10.6. The van der Waals surface area contributed by atoms with E-state index in [1.165, 1.54) is 29.5 Å². The van der Waals surface area contributed by atoms with E-state index in [9.17, 15) is 0 Å². The highest BCUT2D eigenvalue weighted by Gasteiger charge is 2.31. The number of benzene rings is 1. The maximum atomic E-state index is 4.52. The Morgan fingerprint density at radius 3 is 2.77 bits per heavy atom. The number of nitrogens with zero attached hydrogens (tertiary/aromatic N) is 2. The van der Waals surface area contributed by atoms with E-state index in [0.29, 0.717) is 0 Å². The molecule has 1 aromatic carbocycles. The van der Waals surface area contributed by atoms with Crippen molar-refractivity contribution in [3.63, 3.8) is 0 Å². The smallest absolute Gasteiger partial charge is 0.123 e. The lowest BCUT2D eigenvalue weighted by atomic mass is 9.88. The number of piperidine rings is 1. The molecule has 0 spiro atoms. The van der Waals surface area contributed by atoms with E-state index in [1.54, 1.807) is 11.3 Å². The van der Waals surface area contributed by atoms with Crippen LogP contribution in [0.3, 0.4) is 0 Å². The van der Waals surface area contributed by atoms with Crippen LogP contribution in [0.5, 0.6) is 0 Å². The molecule has 1 aliphatic heterocycles. The summed E-state index contributed by atoms with van der Waals surface area (Å²) >= 11 is 1.72. The molecule has 0 unspecified atom stereocenters. The van der Waals surface area contributed by atoms with Crippen molar-refractivity contribution in [1.29, 1.82) is 0 Å². The van der Waals surface area contributed by atoms with E-state index >= 15 is 0 Å². The van der Waals surface area contributed by atoms with Crippen molar-refractivity contribution in [2.24, 2.45) is 0 Å². The van der Waals surface area contributed by atoms with Crippen LogP contribution in [0.15, 0.2) is 29.8 Å². The molecule has 118 valence electrons. The van der Waals surface area contributed by atoms with Gasteiger partial charge in [-0.3, -0.25) is 4.90 Å². The molecule has 1 saturated heterocycles. The monoisotopic (exact) mass is 315 g/mol. The van der Waals surface area contributed by atoms with Gasteiger partial charge in [-0.25, -0.2) is 4.98 Å². The summed E-state index contributed by atoms with van der Waals surface area (Å²) in [7, 11) is 2.26. The Kier molecular flexibility index (Phi) is 4.62. The van der Waals surface area contributed by atoms with Crippen LogP contribution >= 0.6 is 11.3 Å². The minimum atomic E-state index is 0.288. The number of aromatic nitrogens is 1. The zero-order valence-electron chi connectivity index (χ0n) is 13.7. The summed E-state index contributed by atoms with van der Waals surface area (Å²) in [6, 6.07) is 6.75. The summed E-state index contributed by atoms with van der Waals surface area (Å²) in [5, 5.41) is 6.65. The fourth-order valence-corrected chi connectivity index (χ4v) is 3.87. The summed E-state index contributed by atoms with van der Waals surface area (Å²) in [5.74, 6) is 0. The van der Waals surface area contributed by atoms with Gasteiger partial charge in [-0.15, -0.1) is 11.3 Å². The Morgan fingerprint density at radius 1 is 1.32 bits per heavy atom. The van der Waals surface area contributed by atoms with Crippen molar-refractivity contribution < 1.29 is 0 Å². The molecule has 0 amide bonds. The molecule has 0 bridgehead atoms. The number of nitrogens with one attached hydrogen (secondary N) is 1. The van der Waals surface area contributed by atoms with E-state index in [-0.39, 0.29) is 5.54 Å². The Bertz CT molecular complexity index is 615. The Morgan fingerprint density at radius 2 is 2.09 bits per heavy atom. The van der Waals surface area contributed by atoms with Crippen LogP contribution in [-0.2, 0) is 6.54 Å². The van der Waals surface area contributed by atoms with Crippen LogP contribution in [0, 0.1) is 6.92 Å². The first-order valence-electron chi connectivity index (χ1n) is 8.00. The zero-order chi connectivity index (χ0) is 15.6. The molecule has 0 atom stereocenters. The second-order valence-corrected chi connectivity index (χ2v) is 7.50. The van der Waals surface area contributed by atoms with Crippen LogP contribution in [0.2, 0.25) is 0 Å². The number of hydrogen-bond acceptors (Lipinski definition) is 4. The lowest BCUT2D eigenvalue weighted by Crippen LogP contribution is -2.50. The van der Waals surface area contributed by atoms with Gasteiger partial charge < -0.3 is 5.32 Å². The van der Waals surface area contributed by atoms with Crippen LogP contribution in [-0.4, -0.2) is 35.6 Å². The van der Waals surface area contributed by atoms with Crippen molar-refractivity contribution in [3.05, 3.63) is 40.9 Å². The molecular weight excluding hydrogens is 290 g/mol. The van der Waals surface area contributed by atoms with Crippen LogP contribution in [0.25, 0.3) is 10.6 Å². The maximum absolute atomic E-state index is 4.52. The van der Waals surface area contributed by atoms with Gasteiger partial charge in [0.15, 0.2) is 0 Å². The molecule has 3 nitrogen and oxygen atoms in total. The van der Waals surface area contributed by atoms with Crippen molar-refractivity contribution >= 4 is 11.3 Å². The van der Waals surface area contributed by atoms with E-state index in [0.717, 1.165) is 24.6 Å². The normalized spacial score (nSPS) is 17.8. The van der Waals surface area contributed by atoms with Gasteiger partial charge >= 0.3 is 0 Å². The minimum Gasteiger partial charge on any atom is -0.317 e. The lowest BCUT2D eigenvalue weighted by molar-refractivity contribution is 0.0930. The third-order valence-electron chi connectivity index (χ3n) is 4.94. The summed E-state index contributed by atoms with van der Waals surface area (Å²) < 4.78 is 0. The van der Waals surface area contributed by atoms with Gasteiger partial charge in [-0.1, -0.05) is 17.7 Å². The van der Waals surface area contributed by atoms with E-state index in [4.69, 9.17) is 0 Å². The van der Waals surface area contributed by atoms with Gasteiger partial charge in [0.25, 0.3) is 0 Å². The third kappa shape index (κ3) is 3.24. The largest absolute Gasteiger partial charge is 0.317 e. The minimum absolute atomic E-state index is 0.288. The first-order valence-corrected chi connectivity index (χ1v) is 8.88. The van der Waals surface area contributed by atoms with Crippen molar-refractivity contribution in [2.45, 2.75) is 38.8 Å². The SMILES string of the molecule is Cc1ccc(CN(C)C2(C)CCNCC2)c(-c2nccs2)c1. The second-order valence-electron chi connectivity index (χ2n) is 6.60. The van der Waals surface area contributed by atoms with Gasteiger partial charge in [-0.2, -0.15) is 0 Å². The van der Waals surface area contributed by atoms with Gasteiger partial charge in [0, 0.05) is 29.2 Å². The van der Waals surface area contributed by atoms with Crippen molar-refractivity contribution in [3.8, 4) is 10.6 Å². The summed E-state index contributed by atoms with van der Waals surface area (Å²) in [6.07, 6.45) is 4.31. The molecule has 4 heteroatoms. The second kappa shape index (κ2) is 6.49. The average Bonchev–Trinajstić information content (AvgIpc) is 3.04. The number of aryl methyl sites for hydroxylation is 1. The summed E-state index contributed by atoms with van der Waals surface area (Å²) in [6.45, 7) is 7.76. The van der Waals surface area contributed by atoms with Crippen LogP contribution in [0.4, 0.5) is 0 Å². The zero-order valence-corrected chi connectivity index (χ0v) is 14.5. The Hall–Kier alpha value is -1.23. The number of thiazole rings is 1. The molecule has 0 radical (unpaired) electrons. The quantitative estimate of drug-likeness (QED) is 0.932. The fraction of sp³-hybridized carbons (Fsp3) is 0.500. The standard InChI is InChI=1S/C18H25N3S/c1-14-4-5-15(16(12-14)17-20-10-11-22-17)13-21(3)18(2)6-8-19-9-7-18/h4-5,10-12,19H,6-9,13H2,1-3H3. The molecule has 1 aromatic heterocycles. The molecule has 3 rings (SSSR count). The van der Waals surface area contributed by atoms with Gasteiger partial charge in [0.2, 0.25) is 0 Å². The van der Waals surface area contributed by atoms with Crippen LogP contribution in [0.1, 0.15) is 30.9 Å².